The van der Waals surface area contributed by atoms with Gasteiger partial charge in [0.1, 0.15) is 34.3 Å². The lowest BCUT2D eigenvalue weighted by Crippen LogP contribution is -2.09. The lowest BCUT2D eigenvalue weighted by Gasteiger charge is -2.07. The molecule has 0 aliphatic carbocycles. The minimum absolute atomic E-state index is 0.00531. The fourth-order valence-corrected chi connectivity index (χ4v) is 3.44. The van der Waals surface area contributed by atoms with Crippen molar-refractivity contribution in [2.24, 2.45) is 4.99 Å². The maximum atomic E-state index is 12.9. The quantitative estimate of drug-likeness (QED) is 0.562. The van der Waals surface area contributed by atoms with E-state index in [0.29, 0.717) is 28.4 Å². The van der Waals surface area contributed by atoms with E-state index >= 15 is 0 Å². The van der Waals surface area contributed by atoms with Crippen LogP contribution in [0.1, 0.15) is 52.3 Å². The zero-order valence-electron chi connectivity index (χ0n) is 16.1. The molecular weight excluding hydrogens is 435 g/mol. The standard InChI is InChI=1S/C20H15ClF3N5O2/c1-9(4-15(30)18-17(21)19(25)27-8-26-18)16-7-14(29-31-16)13-6-10-5-11(20(22,23)24)2-3-12(10)28-13/h2-3,5,7-9H,4,6H2,1H3,(H2,25,26,27)/t9-/m1/s1. The van der Waals surface area contributed by atoms with E-state index in [9.17, 15) is 18.0 Å². The molecule has 1 aliphatic rings. The monoisotopic (exact) mass is 449 g/mol. The Morgan fingerprint density at radius 1 is 1.29 bits per heavy atom. The third-order valence-electron chi connectivity index (χ3n) is 4.90. The number of ketones is 1. The number of nitrogen functional groups attached to an aromatic ring is 1. The second-order valence-electron chi connectivity index (χ2n) is 7.14. The maximum Gasteiger partial charge on any atom is 0.416 e. The second kappa shape index (κ2) is 7.77. The molecule has 1 aromatic carbocycles. The van der Waals surface area contributed by atoms with E-state index in [0.717, 1.165) is 18.5 Å². The molecular formula is C20H15ClF3N5O2. The summed E-state index contributed by atoms with van der Waals surface area (Å²) in [4.78, 5) is 24.5. The molecule has 3 heterocycles. The molecule has 0 fully saturated rings. The predicted octanol–water partition coefficient (Wildman–Crippen LogP) is 4.77. The van der Waals surface area contributed by atoms with Crippen LogP contribution in [0.4, 0.5) is 24.7 Å². The van der Waals surface area contributed by atoms with Crippen molar-refractivity contribution in [2.75, 3.05) is 5.73 Å². The van der Waals surface area contributed by atoms with Crippen molar-refractivity contribution in [3.05, 3.63) is 63.9 Å². The molecule has 11 heteroatoms. The third kappa shape index (κ3) is 4.15. The molecule has 0 amide bonds. The number of aliphatic imine (C=N–C) groups is 1. The summed E-state index contributed by atoms with van der Waals surface area (Å²) >= 11 is 6.00. The van der Waals surface area contributed by atoms with E-state index in [1.807, 2.05) is 0 Å². The van der Waals surface area contributed by atoms with Gasteiger partial charge in [-0.25, -0.2) is 9.97 Å². The molecule has 31 heavy (non-hydrogen) atoms. The van der Waals surface area contributed by atoms with E-state index in [2.05, 4.69) is 20.1 Å². The average Bonchev–Trinajstić information content (AvgIpc) is 3.35. The molecule has 2 N–H and O–H groups in total. The van der Waals surface area contributed by atoms with Gasteiger partial charge in [0.15, 0.2) is 5.78 Å². The highest BCUT2D eigenvalue weighted by Crippen LogP contribution is 2.36. The number of carbonyl (C=O) groups is 1. The fourth-order valence-electron chi connectivity index (χ4n) is 3.24. The number of benzene rings is 1. The molecule has 0 unspecified atom stereocenters. The Labute approximate surface area is 179 Å². The normalized spacial score (nSPS) is 14.3. The lowest BCUT2D eigenvalue weighted by molar-refractivity contribution is -0.137. The fraction of sp³-hybridized carbons (Fsp3) is 0.250. The number of nitrogens with two attached hydrogens (primary N) is 1. The largest absolute Gasteiger partial charge is 0.416 e. The average molecular weight is 450 g/mol. The van der Waals surface area contributed by atoms with Crippen LogP contribution in [0, 0.1) is 0 Å². The molecule has 0 saturated carbocycles. The summed E-state index contributed by atoms with van der Waals surface area (Å²) in [6.07, 6.45) is -3.02. The van der Waals surface area contributed by atoms with Gasteiger partial charge in [0, 0.05) is 24.8 Å². The molecule has 1 aliphatic heterocycles. The van der Waals surface area contributed by atoms with Gasteiger partial charge in [-0.3, -0.25) is 9.79 Å². The molecule has 0 saturated heterocycles. The summed E-state index contributed by atoms with van der Waals surface area (Å²) in [6, 6.07) is 5.05. The molecule has 2 aromatic heterocycles. The summed E-state index contributed by atoms with van der Waals surface area (Å²) in [6.45, 7) is 1.77. The number of fused-ring (bicyclic) bond motifs is 1. The molecule has 1 atom stereocenters. The van der Waals surface area contributed by atoms with E-state index in [-0.39, 0.29) is 41.1 Å². The van der Waals surface area contributed by atoms with E-state index in [4.69, 9.17) is 21.9 Å². The smallest absolute Gasteiger partial charge is 0.382 e. The topological polar surface area (TPSA) is 107 Å². The molecule has 0 radical (unpaired) electrons. The van der Waals surface area contributed by atoms with Gasteiger partial charge in [0.05, 0.1) is 17.0 Å². The minimum atomic E-state index is -4.42. The zero-order valence-corrected chi connectivity index (χ0v) is 16.8. The Bertz CT molecular complexity index is 1210. The Morgan fingerprint density at radius 2 is 2.06 bits per heavy atom. The number of halogens is 4. The Hall–Kier alpha value is -3.27. The van der Waals surface area contributed by atoms with Crippen LogP contribution in [0.25, 0.3) is 0 Å². The maximum absolute atomic E-state index is 12.9. The number of carbonyl (C=O) groups excluding carboxylic acids is 1. The summed E-state index contributed by atoms with van der Waals surface area (Å²) < 4.78 is 44.1. The summed E-state index contributed by atoms with van der Waals surface area (Å²) in [5.74, 6) is -0.254. The van der Waals surface area contributed by atoms with Gasteiger partial charge in [0.25, 0.3) is 0 Å². The van der Waals surface area contributed by atoms with E-state index in [1.54, 1.807) is 13.0 Å². The van der Waals surface area contributed by atoms with Gasteiger partial charge in [-0.1, -0.05) is 23.7 Å². The van der Waals surface area contributed by atoms with Crippen LogP contribution in [-0.2, 0) is 12.6 Å². The highest BCUT2D eigenvalue weighted by Gasteiger charge is 2.32. The number of Topliss-reactive ketones (excluding diaryl/α,β-unsaturated/α-hetero) is 1. The zero-order chi connectivity index (χ0) is 22.3. The summed E-state index contributed by atoms with van der Waals surface area (Å²) in [7, 11) is 0. The Balaban J connectivity index is 1.48. The number of hydrogen-bond acceptors (Lipinski definition) is 7. The number of aromatic nitrogens is 3. The van der Waals surface area contributed by atoms with Crippen LogP contribution >= 0.6 is 11.6 Å². The van der Waals surface area contributed by atoms with Gasteiger partial charge in [-0.15, -0.1) is 0 Å². The first-order chi connectivity index (χ1) is 14.6. The number of nitrogens with zero attached hydrogens (tertiary/aromatic N) is 4. The first kappa shape index (κ1) is 21.0. The van der Waals surface area contributed by atoms with Crippen molar-refractivity contribution < 1.29 is 22.5 Å². The first-order valence-corrected chi connectivity index (χ1v) is 9.55. The third-order valence-corrected chi connectivity index (χ3v) is 5.27. The van der Waals surface area contributed by atoms with Crippen LogP contribution in [0.2, 0.25) is 5.02 Å². The van der Waals surface area contributed by atoms with Crippen molar-refractivity contribution in [1.82, 2.24) is 15.1 Å². The molecule has 0 spiro atoms. The van der Waals surface area contributed by atoms with Gasteiger partial charge in [-0.05, 0) is 23.8 Å². The molecule has 4 rings (SSSR count). The lowest BCUT2D eigenvalue weighted by atomic mass is 9.99. The van der Waals surface area contributed by atoms with Gasteiger partial charge in [-0.2, -0.15) is 13.2 Å². The molecule has 0 bridgehead atoms. The van der Waals surface area contributed by atoms with Gasteiger partial charge >= 0.3 is 6.18 Å². The minimum Gasteiger partial charge on any atom is -0.382 e. The SMILES string of the molecule is C[C@H](CC(=O)c1ncnc(N)c1Cl)c1cc(C2=Nc3ccc(C(F)(F)F)cc3C2)no1. The number of hydrogen-bond donors (Lipinski definition) is 1. The van der Waals surface area contributed by atoms with Crippen LogP contribution in [0.3, 0.4) is 0 Å². The predicted molar refractivity (Wildman–Crippen MR) is 107 cm³/mol. The molecule has 7 nitrogen and oxygen atoms in total. The highest BCUT2D eigenvalue weighted by molar-refractivity contribution is 6.35. The Kier molecular flexibility index (Phi) is 5.26. The summed E-state index contributed by atoms with van der Waals surface area (Å²) in [5.41, 5.74) is 6.74. The van der Waals surface area contributed by atoms with E-state index < -0.39 is 11.7 Å². The number of alkyl halides is 3. The van der Waals surface area contributed by atoms with Crippen LogP contribution in [0.5, 0.6) is 0 Å². The second-order valence-corrected chi connectivity index (χ2v) is 7.52. The molecule has 160 valence electrons. The first-order valence-electron chi connectivity index (χ1n) is 9.17. The number of rotatable bonds is 5. The van der Waals surface area contributed by atoms with Crippen LogP contribution < -0.4 is 5.73 Å². The van der Waals surface area contributed by atoms with E-state index in [1.165, 1.54) is 6.07 Å². The van der Waals surface area contributed by atoms with Gasteiger partial charge in [0.2, 0.25) is 0 Å². The van der Waals surface area contributed by atoms with Crippen molar-refractivity contribution in [3.8, 4) is 0 Å². The van der Waals surface area contributed by atoms with Crippen LogP contribution in [0.15, 0.2) is 40.1 Å². The van der Waals surface area contributed by atoms with Crippen molar-refractivity contribution in [2.45, 2.75) is 31.9 Å². The number of anilines is 1. The van der Waals surface area contributed by atoms with Crippen LogP contribution in [-0.4, -0.2) is 26.6 Å². The highest BCUT2D eigenvalue weighted by atomic mass is 35.5. The Morgan fingerprint density at radius 3 is 2.81 bits per heavy atom. The summed E-state index contributed by atoms with van der Waals surface area (Å²) in [5, 5.41) is 3.97. The van der Waals surface area contributed by atoms with Gasteiger partial charge < -0.3 is 10.3 Å². The van der Waals surface area contributed by atoms with Crippen molar-refractivity contribution in [3.63, 3.8) is 0 Å². The van der Waals surface area contributed by atoms with Crippen molar-refractivity contribution in [1.29, 1.82) is 0 Å². The molecule has 3 aromatic rings. The van der Waals surface area contributed by atoms with Crippen molar-refractivity contribution >= 4 is 34.6 Å².